The fourth-order valence-corrected chi connectivity index (χ4v) is 8.32. The van der Waals surface area contributed by atoms with Crippen molar-refractivity contribution in [1.29, 1.82) is 0 Å². The van der Waals surface area contributed by atoms with Crippen molar-refractivity contribution in [3.63, 3.8) is 0 Å². The predicted octanol–water partition coefficient (Wildman–Crippen LogP) is 14.2. The van der Waals surface area contributed by atoms with Crippen LogP contribution in [0.5, 0.6) is 11.5 Å². The van der Waals surface area contributed by atoms with Gasteiger partial charge >= 0.3 is 0 Å². The van der Waals surface area contributed by atoms with Crippen molar-refractivity contribution in [3.05, 3.63) is 162 Å². The van der Waals surface area contributed by atoms with Crippen molar-refractivity contribution < 1.29 is 30.4 Å². The summed E-state index contributed by atoms with van der Waals surface area (Å²) in [6.07, 6.45) is 7.81. The van der Waals surface area contributed by atoms with Crippen molar-refractivity contribution in [1.82, 2.24) is 14.1 Å². The Hall–Kier alpha value is -5.25. The van der Waals surface area contributed by atoms with Gasteiger partial charge in [-0.25, -0.2) is 4.98 Å². The minimum Gasteiger partial charge on any atom is -0.510 e. The molecule has 0 spiro atoms. The van der Waals surface area contributed by atoms with Gasteiger partial charge in [0.2, 0.25) is 0 Å². The van der Waals surface area contributed by atoms with Crippen LogP contribution in [0.1, 0.15) is 130 Å². The third kappa shape index (κ3) is 8.71. The van der Waals surface area contributed by atoms with Gasteiger partial charge in [0.25, 0.3) is 6.33 Å². The molecule has 5 aromatic carbocycles. The molecule has 8 rings (SSSR count). The first-order valence-corrected chi connectivity index (χ1v) is 21.8. The van der Waals surface area contributed by atoms with Gasteiger partial charge in [0.15, 0.2) is 0 Å². The van der Waals surface area contributed by atoms with Crippen LogP contribution in [0.2, 0.25) is 0 Å². The van der Waals surface area contributed by atoms with E-state index in [1.807, 2.05) is 12.3 Å². The van der Waals surface area contributed by atoms with Gasteiger partial charge in [0, 0.05) is 50.5 Å². The van der Waals surface area contributed by atoms with Crippen molar-refractivity contribution in [2.24, 2.45) is 0 Å². The minimum absolute atomic E-state index is 0. The van der Waals surface area contributed by atoms with Crippen LogP contribution in [0.15, 0.2) is 116 Å². The predicted molar refractivity (Wildman–Crippen MR) is 252 cm³/mol. The molecule has 3 heterocycles. The molecule has 0 saturated heterocycles. The largest absolute Gasteiger partial charge is 0.510 e. The summed E-state index contributed by atoms with van der Waals surface area (Å²) in [4.78, 5) is 4.87. The third-order valence-electron chi connectivity index (χ3n) is 11.8. The van der Waals surface area contributed by atoms with Gasteiger partial charge in [-0.3, -0.25) is 4.57 Å². The van der Waals surface area contributed by atoms with Gasteiger partial charge in [0.05, 0.1) is 11.4 Å². The molecule has 0 N–H and O–H groups in total. The van der Waals surface area contributed by atoms with Crippen molar-refractivity contribution in [2.75, 3.05) is 0 Å². The molecule has 0 atom stereocenters. The van der Waals surface area contributed by atoms with E-state index in [0.29, 0.717) is 23.3 Å². The summed E-state index contributed by atoms with van der Waals surface area (Å²) < 4.78 is 13.2. The molecule has 3 aromatic heterocycles. The average molecular weight is 1000 g/mol. The molecule has 0 aliphatic heterocycles. The minimum atomic E-state index is -0.166. The van der Waals surface area contributed by atoms with Crippen molar-refractivity contribution >= 4 is 21.8 Å². The average Bonchev–Trinajstić information content (AvgIpc) is 3.81. The van der Waals surface area contributed by atoms with Gasteiger partial charge in [-0.15, -0.1) is 29.7 Å². The number of para-hydroxylation sites is 1. The van der Waals surface area contributed by atoms with Crippen LogP contribution in [0.25, 0.3) is 50.1 Å². The number of nitrogens with zero attached hydrogens (tertiary/aromatic N) is 4. The Labute approximate surface area is 384 Å². The topological polar surface area (TPSA) is 35.9 Å². The zero-order valence-corrected chi connectivity index (χ0v) is 40.9. The number of ether oxygens (including phenoxy) is 1. The standard InChI is InChI=1S/C56H60N4O.Pt/c1-36(2)45-18-16-19-46(37(3)4)53(45)38-21-23-41(24-22-38)59-35-58(34-51(59)56(11,12)13)42-29-40(55(8,9)10)30-44(32-42)61-43-25-26-48-47-17-14-15-20-49(47)60(50(48)33-43)52-31-39(27-28-57-52)54(5,6)7;/h14-31,34,36-37H,1-13H3;/q-2;. The van der Waals surface area contributed by atoms with E-state index in [2.05, 4.69) is 225 Å². The molecule has 0 saturated carbocycles. The first-order chi connectivity index (χ1) is 28.8. The second-order valence-electron chi connectivity index (χ2n) is 20.3. The number of hydrogen-bond donors (Lipinski definition) is 0. The van der Waals surface area contributed by atoms with Crippen LogP contribution >= 0.6 is 0 Å². The quantitative estimate of drug-likeness (QED) is 0.112. The Morgan fingerprint density at radius 2 is 1.29 bits per heavy atom. The number of rotatable bonds is 8. The number of imidazole rings is 1. The fourth-order valence-electron chi connectivity index (χ4n) is 8.32. The molecular formula is C56H60N4OPt-2. The Kier molecular flexibility index (Phi) is 12.1. The van der Waals surface area contributed by atoms with E-state index in [-0.39, 0.29) is 37.3 Å². The Morgan fingerprint density at radius 1 is 0.629 bits per heavy atom. The van der Waals surface area contributed by atoms with Crippen molar-refractivity contribution in [2.45, 2.75) is 118 Å². The molecule has 0 amide bonds. The van der Waals surface area contributed by atoms with Crippen LogP contribution in [-0.2, 0) is 37.3 Å². The molecule has 0 aliphatic carbocycles. The van der Waals surface area contributed by atoms with Crippen LogP contribution in [0, 0.1) is 18.5 Å². The van der Waals surface area contributed by atoms with Crippen LogP contribution in [-0.4, -0.2) is 14.1 Å². The number of fused-ring (bicyclic) bond motifs is 3. The molecule has 0 bridgehead atoms. The molecular weight excluding hydrogens is 940 g/mol. The summed E-state index contributed by atoms with van der Waals surface area (Å²) in [5.41, 5.74) is 12.4. The number of pyridine rings is 1. The smallest absolute Gasteiger partial charge is 0.267 e. The molecule has 8 aromatic rings. The van der Waals surface area contributed by atoms with Gasteiger partial charge in [-0.05, 0) is 97.3 Å². The van der Waals surface area contributed by atoms with E-state index >= 15 is 0 Å². The summed E-state index contributed by atoms with van der Waals surface area (Å²) in [6, 6.07) is 44.3. The maximum Gasteiger partial charge on any atom is 0.267 e. The Balaban J connectivity index is 0.00000578. The van der Waals surface area contributed by atoms with Gasteiger partial charge in [-0.1, -0.05) is 144 Å². The van der Waals surface area contributed by atoms with Crippen molar-refractivity contribution in [3.8, 4) is 39.8 Å². The maximum atomic E-state index is 6.77. The van der Waals surface area contributed by atoms with Crippen LogP contribution < -0.4 is 9.30 Å². The Morgan fingerprint density at radius 3 is 1.92 bits per heavy atom. The van der Waals surface area contributed by atoms with Crippen LogP contribution in [0.3, 0.4) is 0 Å². The van der Waals surface area contributed by atoms with E-state index < -0.39 is 0 Å². The summed E-state index contributed by atoms with van der Waals surface area (Å²) in [7, 11) is 0. The monoisotopic (exact) mass is 999 g/mol. The van der Waals surface area contributed by atoms with E-state index in [4.69, 9.17) is 9.72 Å². The van der Waals surface area contributed by atoms with E-state index in [9.17, 15) is 0 Å². The molecule has 0 radical (unpaired) electrons. The molecule has 0 aliphatic rings. The summed E-state index contributed by atoms with van der Waals surface area (Å²) >= 11 is 0. The zero-order chi connectivity index (χ0) is 43.6. The third-order valence-corrected chi connectivity index (χ3v) is 11.8. The van der Waals surface area contributed by atoms with Gasteiger partial charge < -0.3 is 13.9 Å². The SMILES string of the molecule is CC(C)c1cccc(C(C)C)c1-c1ccc(-[n+]2[c-]n(-c3[c-]c(Oc4[c-]c5c(cc4)c4ccccc4n5-c4cc(C(C)(C)C)ccn4)cc(C(C)(C)C)c3)cc2C(C)(C)C)cc1.[Pt]. The second kappa shape index (κ2) is 16.8. The molecule has 0 unspecified atom stereocenters. The molecule has 6 heteroatoms. The van der Waals surface area contributed by atoms with Crippen LogP contribution in [0.4, 0.5) is 0 Å². The van der Waals surface area contributed by atoms with Gasteiger partial charge in [-0.2, -0.15) is 17.7 Å². The van der Waals surface area contributed by atoms with E-state index in [0.717, 1.165) is 50.3 Å². The molecule has 62 heavy (non-hydrogen) atoms. The number of aromatic nitrogens is 4. The first-order valence-electron chi connectivity index (χ1n) is 21.8. The normalized spacial score (nSPS) is 12.4. The molecule has 5 nitrogen and oxygen atoms in total. The molecule has 322 valence electrons. The van der Waals surface area contributed by atoms with E-state index in [1.165, 1.54) is 27.8 Å². The maximum absolute atomic E-state index is 6.77. The van der Waals surface area contributed by atoms with Gasteiger partial charge in [0.1, 0.15) is 5.82 Å². The fraction of sp³-hybridized carbons (Fsp3) is 0.321. The molecule has 0 fully saturated rings. The number of benzene rings is 5. The first kappa shape index (κ1) is 44.8. The Bertz CT molecular complexity index is 2860. The summed E-state index contributed by atoms with van der Waals surface area (Å²) in [5.74, 6) is 2.93. The number of hydrogen-bond acceptors (Lipinski definition) is 2. The second-order valence-corrected chi connectivity index (χ2v) is 20.3. The zero-order valence-electron chi connectivity index (χ0n) is 38.6. The summed E-state index contributed by atoms with van der Waals surface area (Å²) in [6.45, 7) is 29.3. The van der Waals surface area contributed by atoms with E-state index in [1.54, 1.807) is 0 Å². The summed E-state index contributed by atoms with van der Waals surface area (Å²) in [5, 5.41) is 2.24.